The van der Waals surface area contributed by atoms with Crippen LogP contribution in [0, 0.1) is 17.1 Å². The molecule has 102 valence electrons. The minimum atomic E-state index is -1.04. The first-order valence-electron chi connectivity index (χ1n) is 6.16. The topological polar surface area (TPSA) is 73.1 Å². The Balaban J connectivity index is 2.87. The van der Waals surface area contributed by atoms with Crippen LogP contribution < -0.4 is 5.32 Å². The summed E-state index contributed by atoms with van der Waals surface area (Å²) in [5, 5.41) is 20.8. The number of carboxylic acids is 1. The Bertz CT molecular complexity index is 505. The Morgan fingerprint density at radius 1 is 1.47 bits per heavy atom. The standard InChI is InChI=1S/C14H17FN2O2/c1-3-14(4-2,13(18)19)17-9-11-6-5-10(8-16)7-12(11)15/h5-7,17H,3-4,9H2,1-2H3,(H,18,19). The average Bonchev–Trinajstić information content (AvgIpc) is 2.41. The zero-order valence-electron chi connectivity index (χ0n) is 11.0. The van der Waals surface area contributed by atoms with E-state index in [0.29, 0.717) is 18.4 Å². The van der Waals surface area contributed by atoms with E-state index >= 15 is 0 Å². The molecule has 0 heterocycles. The van der Waals surface area contributed by atoms with Gasteiger partial charge in [-0.1, -0.05) is 19.9 Å². The second-order valence-corrected chi connectivity index (χ2v) is 4.37. The predicted molar refractivity (Wildman–Crippen MR) is 68.9 cm³/mol. The molecule has 5 heteroatoms. The molecule has 0 spiro atoms. The van der Waals surface area contributed by atoms with Gasteiger partial charge in [0.1, 0.15) is 11.4 Å². The van der Waals surface area contributed by atoms with Crippen molar-refractivity contribution in [2.24, 2.45) is 0 Å². The molecule has 0 aliphatic carbocycles. The summed E-state index contributed by atoms with van der Waals surface area (Å²) >= 11 is 0. The van der Waals surface area contributed by atoms with Crippen molar-refractivity contribution in [1.82, 2.24) is 5.32 Å². The molecular weight excluding hydrogens is 247 g/mol. The number of hydrogen-bond acceptors (Lipinski definition) is 3. The Labute approximate surface area is 111 Å². The van der Waals surface area contributed by atoms with Crippen LogP contribution >= 0.6 is 0 Å². The maximum atomic E-state index is 13.7. The molecule has 0 aliphatic heterocycles. The maximum absolute atomic E-state index is 13.7. The third-order valence-electron chi connectivity index (χ3n) is 3.42. The lowest BCUT2D eigenvalue weighted by Gasteiger charge is -2.28. The molecule has 0 bridgehead atoms. The van der Waals surface area contributed by atoms with Gasteiger partial charge in [0, 0.05) is 12.1 Å². The van der Waals surface area contributed by atoms with Gasteiger partial charge in [0.25, 0.3) is 0 Å². The van der Waals surface area contributed by atoms with Gasteiger partial charge in [-0.3, -0.25) is 10.1 Å². The van der Waals surface area contributed by atoms with E-state index in [1.165, 1.54) is 12.1 Å². The summed E-state index contributed by atoms with van der Waals surface area (Å²) in [6, 6.07) is 6.02. The zero-order valence-corrected chi connectivity index (χ0v) is 11.0. The molecule has 1 aromatic rings. The molecule has 0 aromatic heterocycles. The average molecular weight is 264 g/mol. The van der Waals surface area contributed by atoms with Crippen LogP contribution in [0.3, 0.4) is 0 Å². The molecule has 19 heavy (non-hydrogen) atoms. The number of hydrogen-bond donors (Lipinski definition) is 2. The molecule has 1 aromatic carbocycles. The summed E-state index contributed by atoms with van der Waals surface area (Å²) in [5.74, 6) is -1.44. The van der Waals surface area contributed by atoms with E-state index in [4.69, 9.17) is 5.26 Å². The summed E-state index contributed by atoms with van der Waals surface area (Å²) in [6.07, 6.45) is 0.827. The number of benzene rings is 1. The molecule has 0 aliphatic rings. The van der Waals surface area contributed by atoms with Gasteiger partial charge in [-0.2, -0.15) is 5.26 Å². The number of aliphatic carboxylic acids is 1. The fraction of sp³-hybridized carbons (Fsp3) is 0.429. The first-order chi connectivity index (χ1) is 8.99. The molecule has 0 fully saturated rings. The van der Waals surface area contributed by atoms with E-state index in [-0.39, 0.29) is 12.1 Å². The van der Waals surface area contributed by atoms with Gasteiger partial charge < -0.3 is 5.11 Å². The van der Waals surface area contributed by atoms with Gasteiger partial charge >= 0.3 is 5.97 Å². The summed E-state index contributed by atoms with van der Waals surface area (Å²) in [4.78, 5) is 11.3. The van der Waals surface area contributed by atoms with Crippen LogP contribution in [-0.4, -0.2) is 16.6 Å². The fourth-order valence-corrected chi connectivity index (χ4v) is 1.90. The number of nitriles is 1. The van der Waals surface area contributed by atoms with Gasteiger partial charge in [0.2, 0.25) is 0 Å². The number of halogens is 1. The Morgan fingerprint density at radius 2 is 2.11 bits per heavy atom. The second-order valence-electron chi connectivity index (χ2n) is 4.37. The van der Waals surface area contributed by atoms with Crippen molar-refractivity contribution >= 4 is 5.97 Å². The maximum Gasteiger partial charge on any atom is 0.323 e. The van der Waals surface area contributed by atoms with Crippen LogP contribution in [0.15, 0.2) is 18.2 Å². The molecule has 1 rings (SSSR count). The van der Waals surface area contributed by atoms with E-state index in [9.17, 15) is 14.3 Å². The van der Waals surface area contributed by atoms with Crippen LogP contribution in [0.2, 0.25) is 0 Å². The Morgan fingerprint density at radius 3 is 2.53 bits per heavy atom. The van der Waals surface area contributed by atoms with Crippen molar-refractivity contribution in [3.8, 4) is 6.07 Å². The number of nitrogens with one attached hydrogen (secondary N) is 1. The van der Waals surface area contributed by atoms with Crippen LogP contribution in [0.1, 0.15) is 37.8 Å². The third kappa shape index (κ3) is 3.30. The van der Waals surface area contributed by atoms with Crippen molar-refractivity contribution < 1.29 is 14.3 Å². The molecule has 0 saturated heterocycles. The predicted octanol–water partition coefficient (Wildman–Crippen LogP) is 2.43. The quantitative estimate of drug-likeness (QED) is 0.827. The molecule has 2 N–H and O–H groups in total. The monoisotopic (exact) mass is 264 g/mol. The number of carbonyl (C=O) groups is 1. The summed E-state index contributed by atoms with van der Waals surface area (Å²) in [7, 11) is 0. The SMILES string of the molecule is CCC(CC)(NCc1ccc(C#N)cc1F)C(=O)O. The fourth-order valence-electron chi connectivity index (χ4n) is 1.90. The molecule has 0 saturated carbocycles. The largest absolute Gasteiger partial charge is 0.480 e. The summed E-state index contributed by atoms with van der Waals surface area (Å²) in [5.41, 5.74) is -0.441. The molecule has 0 unspecified atom stereocenters. The van der Waals surface area contributed by atoms with Gasteiger partial charge in [0.05, 0.1) is 11.6 Å². The van der Waals surface area contributed by atoms with E-state index in [0.717, 1.165) is 6.07 Å². The number of carboxylic acid groups (broad SMARTS) is 1. The zero-order chi connectivity index (χ0) is 14.5. The normalized spacial score (nSPS) is 11.1. The van der Waals surface area contributed by atoms with E-state index < -0.39 is 17.3 Å². The second kappa shape index (κ2) is 6.30. The van der Waals surface area contributed by atoms with Gasteiger partial charge in [0.15, 0.2) is 0 Å². The first kappa shape index (κ1) is 15.1. The molecule has 0 amide bonds. The Kier molecular flexibility index (Phi) is 5.02. The number of rotatable bonds is 6. The highest BCUT2D eigenvalue weighted by atomic mass is 19.1. The van der Waals surface area contributed by atoms with Crippen molar-refractivity contribution in [3.63, 3.8) is 0 Å². The van der Waals surface area contributed by atoms with Crippen molar-refractivity contribution in [3.05, 3.63) is 35.1 Å². The smallest absolute Gasteiger partial charge is 0.323 e. The minimum absolute atomic E-state index is 0.117. The lowest BCUT2D eigenvalue weighted by atomic mass is 9.92. The summed E-state index contributed by atoms with van der Waals surface area (Å²) in [6.45, 7) is 3.67. The van der Waals surface area contributed by atoms with Gasteiger partial charge in [-0.15, -0.1) is 0 Å². The van der Waals surface area contributed by atoms with Crippen molar-refractivity contribution in [2.45, 2.75) is 38.8 Å². The van der Waals surface area contributed by atoms with Crippen molar-refractivity contribution in [2.75, 3.05) is 0 Å². The number of nitrogens with zero attached hydrogens (tertiary/aromatic N) is 1. The first-order valence-corrected chi connectivity index (χ1v) is 6.16. The molecular formula is C14H17FN2O2. The van der Waals surface area contributed by atoms with E-state index in [1.54, 1.807) is 13.8 Å². The highest BCUT2D eigenvalue weighted by Gasteiger charge is 2.34. The van der Waals surface area contributed by atoms with Crippen LogP contribution in [-0.2, 0) is 11.3 Å². The highest BCUT2D eigenvalue weighted by molar-refractivity contribution is 5.78. The van der Waals surface area contributed by atoms with Crippen LogP contribution in [0.4, 0.5) is 4.39 Å². The Hall–Kier alpha value is -1.93. The third-order valence-corrected chi connectivity index (χ3v) is 3.42. The minimum Gasteiger partial charge on any atom is -0.480 e. The lowest BCUT2D eigenvalue weighted by Crippen LogP contribution is -2.50. The van der Waals surface area contributed by atoms with E-state index in [2.05, 4.69) is 5.32 Å². The van der Waals surface area contributed by atoms with Crippen LogP contribution in [0.5, 0.6) is 0 Å². The van der Waals surface area contributed by atoms with Gasteiger partial charge in [-0.05, 0) is 25.0 Å². The van der Waals surface area contributed by atoms with E-state index in [1.807, 2.05) is 6.07 Å². The van der Waals surface area contributed by atoms with Gasteiger partial charge in [-0.25, -0.2) is 4.39 Å². The molecule has 4 nitrogen and oxygen atoms in total. The molecule has 0 radical (unpaired) electrons. The highest BCUT2D eigenvalue weighted by Crippen LogP contribution is 2.18. The van der Waals surface area contributed by atoms with Crippen molar-refractivity contribution in [1.29, 1.82) is 5.26 Å². The molecule has 0 atom stereocenters. The summed E-state index contributed by atoms with van der Waals surface area (Å²) < 4.78 is 13.7. The lowest BCUT2D eigenvalue weighted by molar-refractivity contribution is -0.145. The van der Waals surface area contributed by atoms with Crippen LogP contribution in [0.25, 0.3) is 0 Å².